The van der Waals surface area contributed by atoms with E-state index in [1.54, 1.807) is 23.0 Å². The van der Waals surface area contributed by atoms with Crippen LogP contribution in [0.1, 0.15) is 52.0 Å². The maximum absolute atomic E-state index is 13.4. The van der Waals surface area contributed by atoms with Crippen LogP contribution in [-0.2, 0) is 19.5 Å². The molecular formula is C26H26FN5OS. The maximum atomic E-state index is 13.4. The first-order valence-electron chi connectivity index (χ1n) is 11.4. The van der Waals surface area contributed by atoms with Crippen LogP contribution in [0, 0.1) is 5.82 Å². The lowest BCUT2D eigenvalue weighted by atomic mass is 10.1. The highest BCUT2D eigenvalue weighted by Crippen LogP contribution is 2.30. The van der Waals surface area contributed by atoms with Gasteiger partial charge in [-0.3, -0.25) is 15.0 Å². The minimum atomic E-state index is -0.310. The Kier molecular flexibility index (Phi) is 6.26. The van der Waals surface area contributed by atoms with Crippen LogP contribution in [-0.4, -0.2) is 32.1 Å². The van der Waals surface area contributed by atoms with E-state index in [2.05, 4.69) is 39.6 Å². The van der Waals surface area contributed by atoms with Crippen LogP contribution in [0.25, 0.3) is 5.69 Å². The number of anilines is 1. The first-order chi connectivity index (χ1) is 16.5. The molecule has 174 valence electrons. The number of aromatic nitrogens is 3. The molecule has 0 fully saturated rings. The third-order valence-electron chi connectivity index (χ3n) is 5.95. The summed E-state index contributed by atoms with van der Waals surface area (Å²) in [5, 5.41) is 8.02. The van der Waals surface area contributed by atoms with E-state index in [0.29, 0.717) is 16.4 Å². The molecule has 2 aromatic heterocycles. The van der Waals surface area contributed by atoms with Crippen LogP contribution in [0.3, 0.4) is 0 Å². The highest BCUT2D eigenvalue weighted by atomic mass is 32.1. The largest absolute Gasteiger partial charge is 0.298 e. The third-order valence-corrected chi connectivity index (χ3v) is 6.95. The van der Waals surface area contributed by atoms with Gasteiger partial charge in [-0.15, -0.1) is 11.3 Å². The molecule has 0 aliphatic carbocycles. The molecule has 6 nitrogen and oxygen atoms in total. The van der Waals surface area contributed by atoms with E-state index in [1.165, 1.54) is 33.9 Å². The van der Waals surface area contributed by atoms with Gasteiger partial charge in [-0.25, -0.2) is 14.1 Å². The van der Waals surface area contributed by atoms with E-state index in [-0.39, 0.29) is 17.6 Å². The number of hydrogen-bond acceptors (Lipinski definition) is 5. The Balaban J connectivity index is 1.32. The molecule has 5 rings (SSSR count). The Hall–Kier alpha value is -3.36. The number of carbonyl (C=O) groups is 1. The van der Waals surface area contributed by atoms with Crippen molar-refractivity contribution >= 4 is 22.4 Å². The van der Waals surface area contributed by atoms with Crippen LogP contribution in [0.15, 0.2) is 60.8 Å². The van der Waals surface area contributed by atoms with E-state index < -0.39 is 0 Å². The summed E-state index contributed by atoms with van der Waals surface area (Å²) in [5.74, 6) is -0.497. The molecule has 1 amide bonds. The summed E-state index contributed by atoms with van der Waals surface area (Å²) >= 11 is 1.54. The second-order valence-corrected chi connectivity index (χ2v) is 9.86. The van der Waals surface area contributed by atoms with Crippen LogP contribution in [0.5, 0.6) is 0 Å². The highest BCUT2D eigenvalue weighted by molar-refractivity contribution is 7.15. The average Bonchev–Trinajstić information content (AvgIpc) is 3.44. The van der Waals surface area contributed by atoms with Crippen molar-refractivity contribution in [3.05, 3.63) is 94.0 Å². The molecule has 3 heterocycles. The number of hydrogen-bond donors (Lipinski definition) is 1. The number of fused-ring (bicyclic) bond motifs is 1. The number of carbonyl (C=O) groups excluding carboxylic acids is 1. The fourth-order valence-electron chi connectivity index (χ4n) is 4.32. The maximum Gasteiger partial charge on any atom is 0.260 e. The van der Waals surface area contributed by atoms with Crippen molar-refractivity contribution in [1.29, 1.82) is 0 Å². The van der Waals surface area contributed by atoms with Crippen molar-refractivity contribution in [2.45, 2.75) is 39.3 Å². The lowest BCUT2D eigenvalue weighted by Crippen LogP contribution is -2.29. The molecule has 1 aliphatic heterocycles. The van der Waals surface area contributed by atoms with Crippen LogP contribution in [0.4, 0.5) is 9.52 Å². The molecule has 1 aliphatic rings. The van der Waals surface area contributed by atoms with Crippen molar-refractivity contribution in [2.24, 2.45) is 0 Å². The van der Waals surface area contributed by atoms with Gasteiger partial charge in [-0.1, -0.05) is 44.2 Å². The van der Waals surface area contributed by atoms with Gasteiger partial charge >= 0.3 is 0 Å². The average molecular weight is 476 g/mol. The molecule has 4 aromatic rings. The fraction of sp³-hybridized carbons (Fsp3) is 0.269. The summed E-state index contributed by atoms with van der Waals surface area (Å²) in [6, 6.07) is 16.5. The second-order valence-electron chi connectivity index (χ2n) is 8.78. The Bertz CT molecular complexity index is 1300. The van der Waals surface area contributed by atoms with Gasteiger partial charge in [0.05, 0.1) is 28.8 Å². The van der Waals surface area contributed by atoms with Crippen molar-refractivity contribution in [1.82, 2.24) is 19.7 Å². The number of rotatable bonds is 6. The standard InChI is InChI=1S/C26H26FN5OS/c1-17(2)24-21(14-28-32(24)20-10-8-19(27)9-11-20)25(33)30-26-29-22-12-13-31(16-23(22)34-26)15-18-6-4-3-5-7-18/h3-11,14,17H,12-13,15-16H2,1-2H3,(H,29,30,33). The fourth-order valence-corrected chi connectivity index (χ4v) is 5.36. The highest BCUT2D eigenvalue weighted by Gasteiger charge is 2.24. The Labute approximate surface area is 202 Å². The van der Waals surface area contributed by atoms with E-state index in [9.17, 15) is 9.18 Å². The molecule has 1 N–H and O–H groups in total. The predicted octanol–water partition coefficient (Wildman–Crippen LogP) is 5.40. The molecule has 2 aromatic carbocycles. The van der Waals surface area contributed by atoms with Crippen molar-refractivity contribution in [3.8, 4) is 5.69 Å². The lowest BCUT2D eigenvalue weighted by molar-refractivity contribution is 0.102. The molecule has 0 saturated heterocycles. The van der Waals surface area contributed by atoms with E-state index in [4.69, 9.17) is 4.98 Å². The predicted molar refractivity (Wildman–Crippen MR) is 132 cm³/mol. The zero-order chi connectivity index (χ0) is 23.7. The van der Waals surface area contributed by atoms with Gasteiger partial charge in [0.1, 0.15) is 5.82 Å². The molecule has 0 unspecified atom stereocenters. The number of halogens is 1. The summed E-state index contributed by atoms with van der Waals surface area (Å²) in [4.78, 5) is 21.5. The summed E-state index contributed by atoms with van der Waals surface area (Å²) in [5.41, 5.74) is 4.35. The summed E-state index contributed by atoms with van der Waals surface area (Å²) in [7, 11) is 0. The SMILES string of the molecule is CC(C)c1c(C(=O)Nc2nc3c(s2)CN(Cc2ccccc2)CC3)cnn1-c1ccc(F)cc1. The smallest absolute Gasteiger partial charge is 0.260 e. The van der Waals surface area contributed by atoms with E-state index in [1.807, 2.05) is 19.9 Å². The second kappa shape index (κ2) is 9.48. The van der Waals surface area contributed by atoms with Gasteiger partial charge in [0.2, 0.25) is 0 Å². The van der Waals surface area contributed by atoms with Gasteiger partial charge in [0.25, 0.3) is 5.91 Å². The van der Waals surface area contributed by atoms with Gasteiger partial charge < -0.3 is 0 Å². The molecule has 0 saturated carbocycles. The van der Waals surface area contributed by atoms with Crippen molar-refractivity contribution < 1.29 is 9.18 Å². The molecule has 8 heteroatoms. The summed E-state index contributed by atoms with van der Waals surface area (Å²) in [6.07, 6.45) is 2.44. The first kappa shape index (κ1) is 22.4. The topological polar surface area (TPSA) is 63.1 Å². The molecular weight excluding hydrogens is 449 g/mol. The number of amides is 1. The van der Waals surface area contributed by atoms with Crippen molar-refractivity contribution in [3.63, 3.8) is 0 Å². The molecule has 0 spiro atoms. The van der Waals surface area contributed by atoms with Crippen molar-refractivity contribution in [2.75, 3.05) is 11.9 Å². The number of nitrogens with one attached hydrogen (secondary N) is 1. The summed E-state index contributed by atoms with van der Waals surface area (Å²) in [6.45, 7) is 6.70. The van der Waals surface area contributed by atoms with Gasteiger partial charge in [0.15, 0.2) is 5.13 Å². The molecule has 0 radical (unpaired) electrons. The molecule has 34 heavy (non-hydrogen) atoms. The van der Waals surface area contributed by atoms with Gasteiger partial charge in [-0.05, 0) is 35.7 Å². The zero-order valence-electron chi connectivity index (χ0n) is 19.2. The monoisotopic (exact) mass is 475 g/mol. The van der Waals surface area contributed by atoms with E-state index >= 15 is 0 Å². The Morgan fingerprint density at radius 2 is 1.91 bits per heavy atom. The minimum absolute atomic E-state index is 0.0457. The number of benzene rings is 2. The quantitative estimate of drug-likeness (QED) is 0.406. The van der Waals surface area contributed by atoms with Crippen LogP contribution < -0.4 is 5.32 Å². The normalized spacial score (nSPS) is 13.8. The van der Waals surface area contributed by atoms with Gasteiger partial charge in [0, 0.05) is 30.9 Å². The summed E-state index contributed by atoms with van der Waals surface area (Å²) < 4.78 is 15.1. The minimum Gasteiger partial charge on any atom is -0.298 e. The van der Waals surface area contributed by atoms with E-state index in [0.717, 1.165) is 37.4 Å². The van der Waals surface area contributed by atoms with Crippen LogP contribution in [0.2, 0.25) is 0 Å². The first-order valence-corrected chi connectivity index (χ1v) is 12.2. The third kappa shape index (κ3) is 4.64. The van der Waals surface area contributed by atoms with Crippen LogP contribution >= 0.6 is 11.3 Å². The number of nitrogens with zero attached hydrogens (tertiary/aromatic N) is 4. The zero-order valence-corrected chi connectivity index (χ0v) is 20.0. The molecule has 0 bridgehead atoms. The van der Waals surface area contributed by atoms with Gasteiger partial charge in [-0.2, -0.15) is 5.10 Å². The Morgan fingerprint density at radius 3 is 2.65 bits per heavy atom. The Morgan fingerprint density at radius 1 is 1.15 bits per heavy atom. The molecule has 0 atom stereocenters. The number of thiazole rings is 1. The lowest BCUT2D eigenvalue weighted by Gasteiger charge is -2.25.